The van der Waals surface area contributed by atoms with Crippen LogP contribution in [0.1, 0.15) is 10.4 Å². The Labute approximate surface area is 92.9 Å². The Bertz CT molecular complexity index is 498. The fourth-order valence-electron chi connectivity index (χ4n) is 1.20. The maximum atomic E-state index is 11.6. The standard InChI is InChI=1S/C9H12N2O4S/c10-7(5-12)9(13)6-3-1-2-4-8(6)16(11,14)15/h1-4,7,12H,5,10H2,(H2,11,14,15)/t7-/m0/s1. The van der Waals surface area contributed by atoms with Crippen molar-refractivity contribution in [1.29, 1.82) is 0 Å². The average molecular weight is 244 g/mol. The molecule has 5 N–H and O–H groups in total. The minimum Gasteiger partial charge on any atom is -0.394 e. The van der Waals surface area contributed by atoms with Crippen LogP contribution in [0.5, 0.6) is 0 Å². The minimum absolute atomic E-state index is 0.105. The smallest absolute Gasteiger partial charge is 0.238 e. The van der Waals surface area contributed by atoms with E-state index < -0.39 is 28.5 Å². The zero-order valence-electron chi connectivity index (χ0n) is 8.33. The zero-order valence-corrected chi connectivity index (χ0v) is 9.15. The van der Waals surface area contributed by atoms with Crippen LogP contribution in [0.2, 0.25) is 0 Å². The van der Waals surface area contributed by atoms with E-state index in [1.165, 1.54) is 24.3 Å². The number of hydrogen-bond acceptors (Lipinski definition) is 5. The minimum atomic E-state index is -3.98. The molecule has 6 nitrogen and oxygen atoms in total. The summed E-state index contributed by atoms with van der Waals surface area (Å²) in [4.78, 5) is 11.4. The van der Waals surface area contributed by atoms with Gasteiger partial charge in [0.15, 0.2) is 5.78 Å². The summed E-state index contributed by atoms with van der Waals surface area (Å²) < 4.78 is 22.4. The number of rotatable bonds is 4. The molecule has 0 saturated carbocycles. The molecule has 0 saturated heterocycles. The molecule has 88 valence electrons. The van der Waals surface area contributed by atoms with Gasteiger partial charge in [0.1, 0.15) is 0 Å². The number of aliphatic hydroxyl groups is 1. The van der Waals surface area contributed by atoms with Crippen LogP contribution in [0.3, 0.4) is 0 Å². The van der Waals surface area contributed by atoms with E-state index in [-0.39, 0.29) is 10.5 Å². The van der Waals surface area contributed by atoms with Crippen molar-refractivity contribution >= 4 is 15.8 Å². The number of carbonyl (C=O) groups excluding carboxylic acids is 1. The molecular weight excluding hydrogens is 232 g/mol. The molecule has 0 aliphatic heterocycles. The van der Waals surface area contributed by atoms with Gasteiger partial charge in [-0.2, -0.15) is 0 Å². The van der Waals surface area contributed by atoms with Crippen LogP contribution in [0.15, 0.2) is 29.2 Å². The first-order valence-corrected chi connectivity index (χ1v) is 5.95. The van der Waals surface area contributed by atoms with Crippen molar-refractivity contribution in [1.82, 2.24) is 0 Å². The Morgan fingerprint density at radius 1 is 1.38 bits per heavy atom. The third-order valence-corrected chi connectivity index (χ3v) is 2.96. The Morgan fingerprint density at radius 3 is 2.44 bits per heavy atom. The molecule has 1 aromatic carbocycles. The monoisotopic (exact) mass is 244 g/mol. The van der Waals surface area contributed by atoms with Crippen LogP contribution in [-0.4, -0.2) is 32.0 Å². The van der Waals surface area contributed by atoms with Crippen LogP contribution >= 0.6 is 0 Å². The summed E-state index contributed by atoms with van der Waals surface area (Å²) in [5.41, 5.74) is 5.22. The lowest BCUT2D eigenvalue weighted by atomic mass is 10.1. The van der Waals surface area contributed by atoms with Gasteiger partial charge in [-0.3, -0.25) is 4.79 Å². The van der Waals surface area contributed by atoms with Crippen molar-refractivity contribution < 1.29 is 18.3 Å². The summed E-state index contributed by atoms with van der Waals surface area (Å²) in [6, 6.07) is 4.31. The van der Waals surface area contributed by atoms with Gasteiger partial charge in [0, 0.05) is 5.56 Å². The van der Waals surface area contributed by atoms with Gasteiger partial charge in [0.2, 0.25) is 10.0 Å². The molecule has 1 atom stereocenters. The summed E-state index contributed by atoms with van der Waals surface area (Å²) >= 11 is 0. The third kappa shape index (κ3) is 2.64. The molecule has 0 spiro atoms. The zero-order chi connectivity index (χ0) is 12.3. The summed E-state index contributed by atoms with van der Waals surface area (Å²) in [7, 11) is -3.98. The first-order chi connectivity index (χ1) is 7.38. The van der Waals surface area contributed by atoms with Gasteiger partial charge in [-0.25, -0.2) is 13.6 Å². The first-order valence-electron chi connectivity index (χ1n) is 4.40. The topological polar surface area (TPSA) is 123 Å². The highest BCUT2D eigenvalue weighted by atomic mass is 32.2. The van der Waals surface area contributed by atoms with Gasteiger partial charge in [-0.05, 0) is 12.1 Å². The molecule has 0 fully saturated rings. The molecule has 0 amide bonds. The molecule has 0 aliphatic carbocycles. The van der Waals surface area contributed by atoms with E-state index in [2.05, 4.69) is 0 Å². The molecule has 0 bridgehead atoms. The van der Waals surface area contributed by atoms with E-state index in [0.717, 1.165) is 0 Å². The molecule has 16 heavy (non-hydrogen) atoms. The van der Waals surface area contributed by atoms with Crippen molar-refractivity contribution in [2.75, 3.05) is 6.61 Å². The molecule has 7 heteroatoms. The number of nitrogens with two attached hydrogens (primary N) is 2. The SMILES string of the molecule is N[C@@H](CO)C(=O)c1ccccc1S(N)(=O)=O. The maximum Gasteiger partial charge on any atom is 0.238 e. The lowest BCUT2D eigenvalue weighted by molar-refractivity contribution is 0.0922. The van der Waals surface area contributed by atoms with E-state index in [1.54, 1.807) is 0 Å². The van der Waals surface area contributed by atoms with Crippen molar-refractivity contribution in [2.45, 2.75) is 10.9 Å². The van der Waals surface area contributed by atoms with Gasteiger partial charge in [-0.1, -0.05) is 12.1 Å². The molecule has 0 radical (unpaired) electrons. The van der Waals surface area contributed by atoms with E-state index >= 15 is 0 Å². The number of primary sulfonamides is 1. The molecule has 0 heterocycles. The van der Waals surface area contributed by atoms with Crippen molar-refractivity contribution in [3.63, 3.8) is 0 Å². The lowest BCUT2D eigenvalue weighted by Gasteiger charge is -2.10. The highest BCUT2D eigenvalue weighted by molar-refractivity contribution is 7.89. The van der Waals surface area contributed by atoms with Crippen molar-refractivity contribution in [2.24, 2.45) is 10.9 Å². The molecule has 0 unspecified atom stereocenters. The Hall–Kier alpha value is -1.28. The number of hydrogen-bond donors (Lipinski definition) is 3. The van der Waals surface area contributed by atoms with Gasteiger partial charge >= 0.3 is 0 Å². The van der Waals surface area contributed by atoms with Crippen LogP contribution in [-0.2, 0) is 10.0 Å². The van der Waals surface area contributed by atoms with Gasteiger partial charge < -0.3 is 10.8 Å². The second kappa shape index (κ2) is 4.71. The quantitative estimate of drug-likeness (QED) is 0.576. The Balaban J connectivity index is 3.30. The van der Waals surface area contributed by atoms with E-state index in [1.807, 2.05) is 0 Å². The van der Waals surface area contributed by atoms with Crippen molar-refractivity contribution in [3.05, 3.63) is 29.8 Å². The fourth-order valence-corrected chi connectivity index (χ4v) is 1.94. The lowest BCUT2D eigenvalue weighted by Crippen LogP contribution is -2.35. The second-order valence-corrected chi connectivity index (χ2v) is 4.72. The van der Waals surface area contributed by atoms with Gasteiger partial charge in [-0.15, -0.1) is 0 Å². The van der Waals surface area contributed by atoms with Crippen LogP contribution in [0.4, 0.5) is 0 Å². The normalized spacial score (nSPS) is 13.4. The Morgan fingerprint density at radius 2 is 1.94 bits per heavy atom. The number of Topliss-reactive ketones (excluding diaryl/α,β-unsaturated/α-hetero) is 1. The molecule has 0 aromatic heterocycles. The summed E-state index contributed by atoms with van der Waals surface area (Å²) in [5, 5.41) is 13.7. The number of ketones is 1. The van der Waals surface area contributed by atoms with Crippen LogP contribution in [0.25, 0.3) is 0 Å². The molecule has 1 aromatic rings. The average Bonchev–Trinajstić information content (AvgIpc) is 2.26. The number of carbonyl (C=O) groups is 1. The van der Waals surface area contributed by atoms with Crippen LogP contribution in [0, 0.1) is 0 Å². The van der Waals surface area contributed by atoms with Crippen molar-refractivity contribution in [3.8, 4) is 0 Å². The first kappa shape index (κ1) is 12.8. The largest absolute Gasteiger partial charge is 0.394 e. The van der Waals surface area contributed by atoms with Crippen LogP contribution < -0.4 is 10.9 Å². The predicted octanol–water partition coefficient (Wildman–Crippen LogP) is -1.16. The highest BCUT2D eigenvalue weighted by Crippen LogP contribution is 2.15. The number of aliphatic hydroxyl groups excluding tert-OH is 1. The Kier molecular flexibility index (Phi) is 3.76. The molecule has 1 rings (SSSR count). The molecule has 0 aliphatic rings. The molecular formula is C9H12N2O4S. The third-order valence-electron chi connectivity index (χ3n) is 1.99. The fraction of sp³-hybridized carbons (Fsp3) is 0.222. The van der Waals surface area contributed by atoms with Gasteiger partial charge in [0.05, 0.1) is 17.5 Å². The predicted molar refractivity (Wildman–Crippen MR) is 57.2 cm³/mol. The van der Waals surface area contributed by atoms with E-state index in [0.29, 0.717) is 0 Å². The summed E-state index contributed by atoms with van der Waals surface area (Å²) in [6.07, 6.45) is 0. The van der Waals surface area contributed by atoms with E-state index in [9.17, 15) is 13.2 Å². The highest BCUT2D eigenvalue weighted by Gasteiger charge is 2.22. The summed E-state index contributed by atoms with van der Waals surface area (Å²) in [6.45, 7) is -0.558. The summed E-state index contributed by atoms with van der Waals surface area (Å²) in [5.74, 6) is -0.660. The number of sulfonamides is 1. The number of benzene rings is 1. The second-order valence-electron chi connectivity index (χ2n) is 3.19. The maximum absolute atomic E-state index is 11.6. The van der Waals surface area contributed by atoms with E-state index in [4.69, 9.17) is 16.0 Å². The van der Waals surface area contributed by atoms with Gasteiger partial charge in [0.25, 0.3) is 0 Å².